The van der Waals surface area contributed by atoms with Gasteiger partial charge in [-0.25, -0.2) is 4.98 Å². The van der Waals surface area contributed by atoms with E-state index in [1.165, 1.54) is 29.5 Å². The molecule has 1 aliphatic heterocycles. The van der Waals surface area contributed by atoms with Crippen LogP contribution in [0.2, 0.25) is 0 Å². The van der Waals surface area contributed by atoms with E-state index in [0.717, 1.165) is 30.8 Å². The number of nitrogens with one attached hydrogen (secondary N) is 2. The van der Waals surface area contributed by atoms with Crippen molar-refractivity contribution in [1.82, 2.24) is 14.9 Å². The highest BCUT2D eigenvalue weighted by atomic mass is 16.1. The number of nitrogens with zero attached hydrogens (tertiary/aromatic N) is 3. The lowest BCUT2D eigenvalue weighted by Crippen LogP contribution is -2.30. The number of fused-ring (bicyclic) bond motifs is 1. The van der Waals surface area contributed by atoms with Crippen LogP contribution in [0.15, 0.2) is 67.1 Å². The first-order valence-electron chi connectivity index (χ1n) is 11.6. The van der Waals surface area contributed by atoms with Crippen molar-refractivity contribution >= 4 is 23.0 Å². The van der Waals surface area contributed by atoms with Crippen LogP contribution >= 0.6 is 0 Å². The normalized spacial score (nSPS) is 16.2. The molecule has 6 nitrogen and oxygen atoms in total. The Morgan fingerprint density at radius 2 is 1.91 bits per heavy atom. The molecule has 0 unspecified atom stereocenters. The Hall–Kier alpha value is -3.51. The fourth-order valence-electron chi connectivity index (χ4n) is 4.75. The number of carbonyl (C=O) groups excluding carboxylic acids is 1. The summed E-state index contributed by atoms with van der Waals surface area (Å²) in [5, 5.41) is 6.37. The van der Waals surface area contributed by atoms with E-state index in [0.29, 0.717) is 23.8 Å². The van der Waals surface area contributed by atoms with Gasteiger partial charge in [0.15, 0.2) is 0 Å². The van der Waals surface area contributed by atoms with Gasteiger partial charge in [0.05, 0.1) is 5.56 Å². The van der Waals surface area contributed by atoms with Crippen molar-refractivity contribution < 1.29 is 4.79 Å². The molecule has 33 heavy (non-hydrogen) atoms. The zero-order chi connectivity index (χ0) is 22.6. The zero-order valence-corrected chi connectivity index (χ0v) is 18.9. The van der Waals surface area contributed by atoms with Crippen LogP contribution in [0, 0.1) is 5.92 Å². The monoisotopic (exact) mass is 439 g/mol. The van der Waals surface area contributed by atoms with Crippen molar-refractivity contribution in [3.63, 3.8) is 0 Å². The van der Waals surface area contributed by atoms with Gasteiger partial charge in [0.2, 0.25) is 0 Å². The van der Waals surface area contributed by atoms with Gasteiger partial charge in [0.1, 0.15) is 5.82 Å². The molecule has 0 radical (unpaired) electrons. The predicted octanol–water partition coefficient (Wildman–Crippen LogP) is 4.62. The van der Waals surface area contributed by atoms with Crippen molar-refractivity contribution in [2.45, 2.75) is 25.8 Å². The molecule has 168 valence electrons. The number of hydrogen-bond acceptors (Lipinski definition) is 5. The second-order valence-electron chi connectivity index (χ2n) is 8.88. The molecule has 0 spiro atoms. The number of hydrogen-bond donors (Lipinski definition) is 2. The summed E-state index contributed by atoms with van der Waals surface area (Å²) in [5.74, 6) is 1.01. The van der Waals surface area contributed by atoms with E-state index >= 15 is 0 Å². The molecule has 6 heteroatoms. The molecule has 2 aliphatic rings. The predicted molar refractivity (Wildman–Crippen MR) is 132 cm³/mol. The largest absolute Gasteiger partial charge is 0.365 e. The Morgan fingerprint density at radius 1 is 1.09 bits per heavy atom. The first kappa shape index (κ1) is 21.3. The van der Waals surface area contributed by atoms with Gasteiger partial charge in [-0.2, -0.15) is 0 Å². The Bertz CT molecular complexity index is 1170. The first-order valence-corrected chi connectivity index (χ1v) is 11.6. The van der Waals surface area contributed by atoms with Crippen molar-refractivity contribution in [2.24, 2.45) is 5.92 Å². The van der Waals surface area contributed by atoms with E-state index in [2.05, 4.69) is 50.8 Å². The number of pyridine rings is 2. The van der Waals surface area contributed by atoms with Crippen molar-refractivity contribution in [2.75, 3.05) is 30.8 Å². The van der Waals surface area contributed by atoms with Gasteiger partial charge in [-0.05, 0) is 104 Å². The number of allylic oxidation sites excluding steroid dienone is 2. The van der Waals surface area contributed by atoms with Crippen LogP contribution in [0.3, 0.4) is 0 Å². The maximum atomic E-state index is 13.1. The third kappa shape index (κ3) is 4.81. The van der Waals surface area contributed by atoms with Crippen LogP contribution in [-0.4, -0.2) is 40.9 Å². The second-order valence-corrected chi connectivity index (χ2v) is 8.88. The minimum Gasteiger partial charge on any atom is -0.365 e. The van der Waals surface area contributed by atoms with Crippen molar-refractivity contribution in [3.05, 3.63) is 89.4 Å². The lowest BCUT2D eigenvalue weighted by atomic mass is 9.86. The van der Waals surface area contributed by atoms with Crippen LogP contribution in [-0.2, 0) is 13.0 Å². The van der Waals surface area contributed by atoms with Gasteiger partial charge in [-0.15, -0.1) is 0 Å². The molecule has 1 amide bonds. The lowest BCUT2D eigenvalue weighted by molar-refractivity contribution is 0.102. The van der Waals surface area contributed by atoms with Crippen LogP contribution in [0.25, 0.3) is 5.57 Å². The number of amides is 1. The molecule has 1 aliphatic carbocycles. The van der Waals surface area contributed by atoms with E-state index in [9.17, 15) is 4.79 Å². The smallest absolute Gasteiger partial charge is 0.259 e. The topological polar surface area (TPSA) is 70.2 Å². The molecule has 5 rings (SSSR count). The zero-order valence-electron chi connectivity index (χ0n) is 18.9. The Morgan fingerprint density at radius 3 is 2.73 bits per heavy atom. The molecular formula is C27H29N5O. The van der Waals surface area contributed by atoms with Crippen molar-refractivity contribution in [3.8, 4) is 0 Å². The summed E-state index contributed by atoms with van der Waals surface area (Å²) in [6.07, 6.45) is 11.0. The molecule has 0 atom stereocenters. The number of carbonyl (C=O) groups is 1. The molecular weight excluding hydrogens is 410 g/mol. The van der Waals surface area contributed by atoms with E-state index in [-0.39, 0.29) is 5.91 Å². The summed E-state index contributed by atoms with van der Waals surface area (Å²) in [6, 6.07) is 13.8. The molecule has 1 aromatic carbocycles. The van der Waals surface area contributed by atoms with E-state index in [4.69, 9.17) is 0 Å². The Labute approximate surface area is 194 Å². The van der Waals surface area contributed by atoms with Gasteiger partial charge in [0, 0.05) is 30.8 Å². The minimum atomic E-state index is -0.164. The summed E-state index contributed by atoms with van der Waals surface area (Å²) in [7, 11) is 2.19. The molecule has 2 aromatic heterocycles. The summed E-state index contributed by atoms with van der Waals surface area (Å²) in [4.78, 5) is 24.0. The molecule has 0 saturated carbocycles. The molecule has 2 N–H and O–H groups in total. The molecule has 1 fully saturated rings. The van der Waals surface area contributed by atoms with E-state index < -0.39 is 0 Å². The summed E-state index contributed by atoms with van der Waals surface area (Å²) >= 11 is 0. The highest BCUT2D eigenvalue weighted by Crippen LogP contribution is 2.39. The number of rotatable bonds is 6. The van der Waals surface area contributed by atoms with Crippen LogP contribution in [0.4, 0.5) is 11.5 Å². The minimum absolute atomic E-state index is 0.164. The molecule has 3 aromatic rings. The molecule has 3 heterocycles. The fourth-order valence-corrected chi connectivity index (χ4v) is 4.75. The third-order valence-corrected chi connectivity index (χ3v) is 6.64. The number of anilines is 2. The van der Waals surface area contributed by atoms with Crippen LogP contribution in [0.5, 0.6) is 0 Å². The van der Waals surface area contributed by atoms with Gasteiger partial charge >= 0.3 is 0 Å². The Balaban J connectivity index is 1.30. The lowest BCUT2D eigenvalue weighted by Gasteiger charge is -2.30. The quantitative estimate of drug-likeness (QED) is 0.586. The third-order valence-electron chi connectivity index (χ3n) is 6.64. The fraction of sp³-hybridized carbons (Fsp3) is 0.296. The maximum Gasteiger partial charge on any atom is 0.259 e. The average Bonchev–Trinajstić information content (AvgIpc) is 3.27. The maximum absolute atomic E-state index is 13.1. The molecule has 0 bridgehead atoms. The van der Waals surface area contributed by atoms with Gasteiger partial charge in [-0.1, -0.05) is 12.1 Å². The van der Waals surface area contributed by atoms with Gasteiger partial charge < -0.3 is 15.5 Å². The first-order chi connectivity index (χ1) is 16.2. The number of piperidine rings is 1. The van der Waals surface area contributed by atoms with Crippen LogP contribution < -0.4 is 10.6 Å². The Kier molecular flexibility index (Phi) is 6.17. The van der Waals surface area contributed by atoms with Gasteiger partial charge in [0.25, 0.3) is 5.91 Å². The van der Waals surface area contributed by atoms with E-state index in [1.807, 2.05) is 18.2 Å². The van der Waals surface area contributed by atoms with Crippen LogP contribution in [0.1, 0.15) is 39.9 Å². The highest BCUT2D eigenvalue weighted by Gasteiger charge is 2.26. The summed E-state index contributed by atoms with van der Waals surface area (Å²) in [6.45, 7) is 2.86. The summed E-state index contributed by atoms with van der Waals surface area (Å²) < 4.78 is 0. The standard InChI is InChI=1S/C27H29N5O/c1-32-15-10-21(11-16-32)23-7-5-20-4-6-22(17-25(20)23)31-27(33)24-3-2-12-29-26(24)30-18-19-8-13-28-14-9-19/h2-4,6-9,12-14,17,21H,5,10-11,15-16,18H2,1H3,(H,29,30)(H,31,33). The highest BCUT2D eigenvalue weighted by molar-refractivity contribution is 6.07. The average molecular weight is 440 g/mol. The SMILES string of the molecule is CN1CCC(C2=CCc3ccc(NC(=O)c4cccnc4NCc4ccncc4)cc32)CC1. The number of aromatic nitrogens is 2. The second kappa shape index (κ2) is 9.55. The summed E-state index contributed by atoms with van der Waals surface area (Å²) in [5.41, 5.74) is 6.53. The number of likely N-dealkylation sites (tertiary alicyclic amines) is 1. The number of benzene rings is 1. The van der Waals surface area contributed by atoms with Gasteiger partial charge in [-0.3, -0.25) is 9.78 Å². The van der Waals surface area contributed by atoms with E-state index in [1.54, 1.807) is 30.7 Å². The van der Waals surface area contributed by atoms with Crippen molar-refractivity contribution in [1.29, 1.82) is 0 Å². The molecule has 1 saturated heterocycles.